The van der Waals surface area contributed by atoms with Crippen molar-refractivity contribution in [2.45, 2.75) is 13.8 Å². The molecule has 0 spiro atoms. The maximum absolute atomic E-state index is 13.0. The van der Waals surface area contributed by atoms with Gasteiger partial charge in [-0.2, -0.15) is 0 Å². The molecule has 0 saturated heterocycles. The Bertz CT molecular complexity index is 363. The molecule has 76 valence electrons. The summed E-state index contributed by atoms with van der Waals surface area (Å²) in [6.45, 7) is 3.64. The lowest BCUT2D eigenvalue weighted by molar-refractivity contribution is 0.0525. The zero-order chi connectivity index (χ0) is 10.7. The topological polar surface area (TPSA) is 26.3 Å². The number of carbonyl (C=O) groups excluding carboxylic acids is 1. The minimum atomic E-state index is -0.611. The van der Waals surface area contributed by atoms with E-state index in [2.05, 4.69) is 0 Å². The molecule has 0 radical (unpaired) electrons. The summed E-state index contributed by atoms with van der Waals surface area (Å²) in [4.78, 5) is 11.3. The zero-order valence-corrected chi connectivity index (χ0v) is 8.69. The van der Waals surface area contributed by atoms with Crippen molar-refractivity contribution >= 4 is 17.6 Å². The van der Waals surface area contributed by atoms with Crippen LogP contribution in [-0.4, -0.2) is 12.6 Å². The van der Waals surface area contributed by atoms with Gasteiger partial charge in [-0.1, -0.05) is 11.6 Å². The summed E-state index contributed by atoms with van der Waals surface area (Å²) in [6.07, 6.45) is 0. The highest BCUT2D eigenvalue weighted by atomic mass is 35.5. The van der Waals surface area contributed by atoms with Gasteiger partial charge in [0.2, 0.25) is 0 Å². The molecule has 1 rings (SSSR count). The van der Waals surface area contributed by atoms with E-state index in [1.807, 2.05) is 0 Å². The van der Waals surface area contributed by atoms with Crippen LogP contribution in [0.2, 0.25) is 5.02 Å². The van der Waals surface area contributed by atoms with Crippen LogP contribution in [-0.2, 0) is 4.74 Å². The molecule has 1 aromatic carbocycles. The first-order valence-electron chi connectivity index (χ1n) is 4.19. The van der Waals surface area contributed by atoms with Crippen molar-refractivity contribution in [3.63, 3.8) is 0 Å². The first-order chi connectivity index (χ1) is 6.56. The van der Waals surface area contributed by atoms with E-state index in [4.69, 9.17) is 16.3 Å². The lowest BCUT2D eigenvalue weighted by Gasteiger charge is -2.06. The predicted octanol–water partition coefficient (Wildman–Crippen LogP) is 2.96. The Kier molecular flexibility index (Phi) is 3.47. The second kappa shape index (κ2) is 4.42. The summed E-state index contributed by atoms with van der Waals surface area (Å²) in [5.74, 6) is -1.14. The van der Waals surface area contributed by atoms with Crippen molar-refractivity contribution in [2.24, 2.45) is 0 Å². The van der Waals surface area contributed by atoms with Crippen LogP contribution in [0.4, 0.5) is 4.39 Å². The molecular formula is C10H10ClFO2. The van der Waals surface area contributed by atoms with Crippen LogP contribution < -0.4 is 0 Å². The molecule has 0 bridgehead atoms. The van der Waals surface area contributed by atoms with Crippen LogP contribution in [0.5, 0.6) is 0 Å². The number of esters is 1. The SMILES string of the molecule is CCOC(=O)c1cc(F)c(Cl)cc1C. The summed E-state index contributed by atoms with van der Waals surface area (Å²) in [7, 11) is 0. The highest BCUT2D eigenvalue weighted by Crippen LogP contribution is 2.20. The van der Waals surface area contributed by atoms with Gasteiger partial charge in [-0.25, -0.2) is 9.18 Å². The standard InChI is InChI=1S/C10H10ClFO2/c1-3-14-10(13)7-5-9(12)8(11)4-6(7)2/h4-5H,3H2,1-2H3. The number of halogens is 2. The lowest BCUT2D eigenvalue weighted by atomic mass is 10.1. The highest BCUT2D eigenvalue weighted by Gasteiger charge is 2.13. The number of hydrogen-bond donors (Lipinski definition) is 0. The minimum Gasteiger partial charge on any atom is -0.462 e. The molecular weight excluding hydrogens is 207 g/mol. The van der Waals surface area contributed by atoms with Crippen LogP contribution in [0.25, 0.3) is 0 Å². The first-order valence-corrected chi connectivity index (χ1v) is 4.56. The van der Waals surface area contributed by atoms with Crippen LogP contribution in [0.3, 0.4) is 0 Å². The largest absolute Gasteiger partial charge is 0.462 e. The summed E-state index contributed by atoms with van der Waals surface area (Å²) in [6, 6.07) is 2.50. The molecule has 0 aliphatic heterocycles. The molecule has 0 aromatic heterocycles. The molecule has 0 heterocycles. The molecule has 0 saturated carbocycles. The van der Waals surface area contributed by atoms with Gasteiger partial charge >= 0.3 is 5.97 Å². The molecule has 0 aliphatic carbocycles. The van der Waals surface area contributed by atoms with E-state index in [1.165, 1.54) is 6.07 Å². The molecule has 0 atom stereocenters. The number of carbonyl (C=O) groups is 1. The highest BCUT2D eigenvalue weighted by molar-refractivity contribution is 6.30. The number of hydrogen-bond acceptors (Lipinski definition) is 2. The third kappa shape index (κ3) is 2.23. The van der Waals surface area contributed by atoms with Crippen molar-refractivity contribution in [3.8, 4) is 0 Å². The summed E-state index contributed by atoms with van der Waals surface area (Å²) in [5, 5.41) is 0.00977. The van der Waals surface area contributed by atoms with Gasteiger partial charge in [-0.3, -0.25) is 0 Å². The average Bonchev–Trinajstić information content (AvgIpc) is 2.11. The van der Waals surface area contributed by atoms with E-state index in [-0.39, 0.29) is 17.2 Å². The molecule has 4 heteroatoms. The molecule has 0 aliphatic rings. The lowest BCUT2D eigenvalue weighted by Crippen LogP contribution is -2.07. The van der Waals surface area contributed by atoms with E-state index in [0.717, 1.165) is 6.07 Å². The monoisotopic (exact) mass is 216 g/mol. The molecule has 2 nitrogen and oxygen atoms in total. The maximum Gasteiger partial charge on any atom is 0.338 e. The molecule has 1 aromatic rings. The normalized spacial score (nSPS) is 10.0. The van der Waals surface area contributed by atoms with Crippen LogP contribution in [0, 0.1) is 12.7 Å². The van der Waals surface area contributed by atoms with Gasteiger partial charge in [-0.05, 0) is 31.5 Å². The quantitative estimate of drug-likeness (QED) is 0.711. The fourth-order valence-corrected chi connectivity index (χ4v) is 1.29. The smallest absolute Gasteiger partial charge is 0.338 e. The fourth-order valence-electron chi connectivity index (χ4n) is 1.08. The van der Waals surface area contributed by atoms with E-state index >= 15 is 0 Å². The number of aryl methyl sites for hydroxylation is 1. The fraction of sp³-hybridized carbons (Fsp3) is 0.300. The van der Waals surface area contributed by atoms with Gasteiger partial charge in [0, 0.05) is 0 Å². The van der Waals surface area contributed by atoms with Gasteiger partial charge in [0.15, 0.2) is 0 Å². The molecule has 0 unspecified atom stereocenters. The number of ether oxygens (including phenoxy) is 1. The zero-order valence-electron chi connectivity index (χ0n) is 7.93. The Labute approximate surface area is 86.6 Å². The third-order valence-corrected chi connectivity index (χ3v) is 2.05. The average molecular weight is 217 g/mol. The van der Waals surface area contributed by atoms with Crippen molar-refractivity contribution in [2.75, 3.05) is 6.61 Å². The van der Waals surface area contributed by atoms with Crippen LogP contribution in [0.1, 0.15) is 22.8 Å². The molecule has 0 N–H and O–H groups in total. The first kappa shape index (κ1) is 11.0. The van der Waals surface area contributed by atoms with E-state index < -0.39 is 11.8 Å². The van der Waals surface area contributed by atoms with Crippen molar-refractivity contribution in [3.05, 3.63) is 34.1 Å². The second-order valence-electron chi connectivity index (χ2n) is 2.80. The number of rotatable bonds is 2. The van der Waals surface area contributed by atoms with Crippen LogP contribution >= 0.6 is 11.6 Å². The molecule has 14 heavy (non-hydrogen) atoms. The summed E-state index contributed by atoms with van der Waals surface area (Å²) >= 11 is 5.54. The summed E-state index contributed by atoms with van der Waals surface area (Å²) < 4.78 is 17.8. The minimum absolute atomic E-state index is 0.00977. The van der Waals surface area contributed by atoms with Crippen molar-refractivity contribution in [1.82, 2.24) is 0 Å². The van der Waals surface area contributed by atoms with Gasteiger partial charge in [0.05, 0.1) is 17.2 Å². The Hall–Kier alpha value is -1.09. The Morgan fingerprint density at radius 3 is 2.79 bits per heavy atom. The Morgan fingerprint density at radius 1 is 1.57 bits per heavy atom. The Morgan fingerprint density at radius 2 is 2.21 bits per heavy atom. The second-order valence-corrected chi connectivity index (χ2v) is 3.21. The molecule has 0 fully saturated rings. The van der Waals surface area contributed by atoms with Crippen LogP contribution in [0.15, 0.2) is 12.1 Å². The maximum atomic E-state index is 13.0. The van der Waals surface area contributed by atoms with Gasteiger partial charge in [0.25, 0.3) is 0 Å². The van der Waals surface area contributed by atoms with E-state index in [1.54, 1.807) is 13.8 Å². The number of benzene rings is 1. The van der Waals surface area contributed by atoms with Crippen molar-refractivity contribution in [1.29, 1.82) is 0 Å². The predicted molar refractivity (Wildman–Crippen MR) is 52.1 cm³/mol. The third-order valence-electron chi connectivity index (χ3n) is 1.76. The summed E-state index contributed by atoms with van der Waals surface area (Å²) in [5.41, 5.74) is 0.823. The van der Waals surface area contributed by atoms with Gasteiger partial charge < -0.3 is 4.74 Å². The molecule has 0 amide bonds. The van der Waals surface area contributed by atoms with E-state index in [9.17, 15) is 9.18 Å². The van der Waals surface area contributed by atoms with Gasteiger partial charge in [0.1, 0.15) is 5.82 Å². The van der Waals surface area contributed by atoms with E-state index in [0.29, 0.717) is 5.56 Å². The van der Waals surface area contributed by atoms with Gasteiger partial charge in [-0.15, -0.1) is 0 Å². The Balaban J connectivity index is 3.09. The van der Waals surface area contributed by atoms with Crippen molar-refractivity contribution < 1.29 is 13.9 Å².